The van der Waals surface area contributed by atoms with Crippen LogP contribution in [0.2, 0.25) is 0 Å². The van der Waals surface area contributed by atoms with Crippen molar-refractivity contribution in [2.45, 2.75) is 82.5 Å². The molecule has 0 aliphatic heterocycles. The lowest BCUT2D eigenvalue weighted by Crippen LogP contribution is -2.20. The molecule has 0 atom stereocenters. The minimum Gasteiger partial charge on any atom is -0.339 e. The standard InChI is InChI=1S/C17H29N3O/c18-12-13-8-10-15(11-9-13)17-19-16(20-21-17)14-6-4-2-1-3-5-7-14/h13-15H,1-12,18H2. The van der Waals surface area contributed by atoms with Gasteiger partial charge < -0.3 is 10.3 Å². The zero-order chi connectivity index (χ0) is 14.5. The van der Waals surface area contributed by atoms with Gasteiger partial charge in [0.2, 0.25) is 5.89 Å². The topological polar surface area (TPSA) is 64.9 Å². The Morgan fingerprint density at radius 3 is 2.19 bits per heavy atom. The fourth-order valence-corrected chi connectivity index (χ4v) is 3.94. The van der Waals surface area contributed by atoms with Gasteiger partial charge in [-0.15, -0.1) is 0 Å². The third-order valence-corrected chi connectivity index (χ3v) is 5.46. The Bertz CT molecular complexity index is 415. The van der Waals surface area contributed by atoms with Crippen molar-refractivity contribution >= 4 is 0 Å². The molecule has 3 rings (SSSR count). The molecule has 2 aliphatic rings. The monoisotopic (exact) mass is 291 g/mol. The maximum absolute atomic E-state index is 5.77. The minimum absolute atomic E-state index is 0.475. The van der Waals surface area contributed by atoms with Crippen molar-refractivity contribution in [1.29, 1.82) is 0 Å². The van der Waals surface area contributed by atoms with E-state index < -0.39 is 0 Å². The molecule has 1 aromatic rings. The number of aromatic nitrogens is 2. The fourth-order valence-electron chi connectivity index (χ4n) is 3.94. The summed E-state index contributed by atoms with van der Waals surface area (Å²) in [6.07, 6.45) is 14.0. The number of hydrogen-bond donors (Lipinski definition) is 1. The second kappa shape index (κ2) is 7.39. The first-order valence-corrected chi connectivity index (χ1v) is 8.90. The Morgan fingerprint density at radius 2 is 1.52 bits per heavy atom. The Balaban J connectivity index is 1.60. The highest BCUT2D eigenvalue weighted by atomic mass is 16.5. The normalized spacial score (nSPS) is 29.0. The summed E-state index contributed by atoms with van der Waals surface area (Å²) in [4.78, 5) is 4.77. The van der Waals surface area contributed by atoms with Gasteiger partial charge in [0.05, 0.1) is 0 Å². The molecule has 2 saturated carbocycles. The Labute approximate surface area is 127 Å². The smallest absolute Gasteiger partial charge is 0.229 e. The summed E-state index contributed by atoms with van der Waals surface area (Å²) in [6.45, 7) is 0.823. The lowest BCUT2D eigenvalue weighted by molar-refractivity contribution is 0.273. The van der Waals surface area contributed by atoms with Crippen LogP contribution in [0.3, 0.4) is 0 Å². The van der Waals surface area contributed by atoms with Gasteiger partial charge in [-0.2, -0.15) is 4.98 Å². The van der Waals surface area contributed by atoms with Crippen LogP contribution in [0.4, 0.5) is 0 Å². The number of nitrogens with zero attached hydrogens (tertiary/aromatic N) is 2. The summed E-state index contributed by atoms with van der Waals surface area (Å²) in [5, 5.41) is 4.32. The number of hydrogen-bond acceptors (Lipinski definition) is 4. The van der Waals surface area contributed by atoms with Crippen LogP contribution >= 0.6 is 0 Å². The van der Waals surface area contributed by atoms with Gasteiger partial charge in [0.15, 0.2) is 5.82 Å². The molecule has 2 N–H and O–H groups in total. The molecule has 0 amide bonds. The quantitative estimate of drug-likeness (QED) is 0.909. The molecule has 0 unspecified atom stereocenters. The van der Waals surface area contributed by atoms with E-state index >= 15 is 0 Å². The molecule has 2 aliphatic carbocycles. The molecule has 2 fully saturated rings. The molecule has 4 nitrogen and oxygen atoms in total. The lowest BCUT2D eigenvalue weighted by Gasteiger charge is -2.25. The van der Waals surface area contributed by atoms with Gasteiger partial charge >= 0.3 is 0 Å². The summed E-state index contributed by atoms with van der Waals surface area (Å²) in [6, 6.07) is 0. The zero-order valence-electron chi connectivity index (χ0n) is 13.1. The van der Waals surface area contributed by atoms with Crippen molar-refractivity contribution in [2.24, 2.45) is 11.7 Å². The predicted molar refractivity (Wildman–Crippen MR) is 83.1 cm³/mol. The largest absolute Gasteiger partial charge is 0.339 e. The second-order valence-electron chi connectivity index (χ2n) is 6.99. The van der Waals surface area contributed by atoms with Crippen LogP contribution in [0.1, 0.15) is 94.2 Å². The molecule has 0 aromatic carbocycles. The van der Waals surface area contributed by atoms with Gasteiger partial charge in [0.1, 0.15) is 0 Å². The van der Waals surface area contributed by atoms with Crippen LogP contribution in [0.25, 0.3) is 0 Å². The van der Waals surface area contributed by atoms with Gasteiger partial charge in [-0.25, -0.2) is 0 Å². The fraction of sp³-hybridized carbons (Fsp3) is 0.882. The van der Waals surface area contributed by atoms with Crippen molar-refractivity contribution in [2.75, 3.05) is 6.54 Å². The maximum Gasteiger partial charge on any atom is 0.229 e. The summed E-state index contributed by atoms with van der Waals surface area (Å²) in [7, 11) is 0. The van der Waals surface area contributed by atoms with E-state index in [4.69, 9.17) is 15.2 Å². The molecule has 4 heteroatoms. The molecular weight excluding hydrogens is 262 g/mol. The molecule has 0 bridgehead atoms. The Kier molecular flexibility index (Phi) is 5.28. The van der Waals surface area contributed by atoms with Gasteiger partial charge in [-0.05, 0) is 51.0 Å². The van der Waals surface area contributed by atoms with Crippen LogP contribution in [0, 0.1) is 5.92 Å². The maximum atomic E-state index is 5.77. The SMILES string of the molecule is NCC1CCC(c2nc(C3CCCCCCC3)no2)CC1. The summed E-state index contributed by atoms with van der Waals surface area (Å²) in [5.41, 5.74) is 5.77. The minimum atomic E-state index is 0.475. The van der Waals surface area contributed by atoms with E-state index in [-0.39, 0.29) is 0 Å². The summed E-state index contributed by atoms with van der Waals surface area (Å²) in [5.74, 6) is 3.58. The van der Waals surface area contributed by atoms with E-state index in [2.05, 4.69) is 5.16 Å². The van der Waals surface area contributed by atoms with Gasteiger partial charge in [-0.1, -0.05) is 37.3 Å². The molecule has 0 spiro atoms. The predicted octanol–water partition coefficient (Wildman–Crippen LogP) is 4.13. The van der Waals surface area contributed by atoms with E-state index in [0.29, 0.717) is 17.8 Å². The van der Waals surface area contributed by atoms with Crippen molar-refractivity contribution in [3.05, 3.63) is 11.7 Å². The highest BCUT2D eigenvalue weighted by Crippen LogP contribution is 2.36. The van der Waals surface area contributed by atoms with E-state index in [9.17, 15) is 0 Å². The van der Waals surface area contributed by atoms with Crippen molar-refractivity contribution in [1.82, 2.24) is 10.1 Å². The number of nitrogens with two attached hydrogens (primary N) is 1. The number of rotatable bonds is 3. The first kappa shape index (κ1) is 15.0. The first-order valence-electron chi connectivity index (χ1n) is 8.90. The van der Waals surface area contributed by atoms with Crippen molar-refractivity contribution in [3.63, 3.8) is 0 Å². The van der Waals surface area contributed by atoms with E-state index in [1.807, 2.05) is 0 Å². The first-order chi connectivity index (χ1) is 10.4. The van der Waals surface area contributed by atoms with Gasteiger partial charge in [0.25, 0.3) is 0 Å². The van der Waals surface area contributed by atoms with Gasteiger partial charge in [-0.3, -0.25) is 0 Å². The molecule has 1 heterocycles. The van der Waals surface area contributed by atoms with E-state index in [1.165, 1.54) is 57.8 Å². The Hall–Kier alpha value is -0.900. The molecular formula is C17H29N3O. The van der Waals surface area contributed by atoms with Crippen LogP contribution in [0.5, 0.6) is 0 Å². The lowest BCUT2D eigenvalue weighted by atomic mass is 9.82. The van der Waals surface area contributed by atoms with Crippen molar-refractivity contribution in [3.8, 4) is 0 Å². The second-order valence-corrected chi connectivity index (χ2v) is 6.99. The summed E-state index contributed by atoms with van der Waals surface area (Å²) < 4.78 is 5.61. The van der Waals surface area contributed by atoms with Crippen LogP contribution in [0.15, 0.2) is 4.52 Å². The van der Waals surface area contributed by atoms with Crippen LogP contribution in [-0.4, -0.2) is 16.7 Å². The average Bonchev–Trinajstić information content (AvgIpc) is 2.97. The molecule has 0 saturated heterocycles. The molecule has 0 radical (unpaired) electrons. The van der Waals surface area contributed by atoms with Crippen LogP contribution < -0.4 is 5.73 Å². The average molecular weight is 291 g/mol. The molecule has 21 heavy (non-hydrogen) atoms. The highest BCUT2D eigenvalue weighted by molar-refractivity contribution is 5.01. The third kappa shape index (κ3) is 3.85. The van der Waals surface area contributed by atoms with Gasteiger partial charge in [0, 0.05) is 11.8 Å². The van der Waals surface area contributed by atoms with Crippen molar-refractivity contribution < 1.29 is 4.52 Å². The highest BCUT2D eigenvalue weighted by Gasteiger charge is 2.27. The van der Waals surface area contributed by atoms with Crippen LogP contribution in [-0.2, 0) is 0 Å². The third-order valence-electron chi connectivity index (χ3n) is 5.46. The van der Waals surface area contributed by atoms with E-state index in [0.717, 1.165) is 31.1 Å². The van der Waals surface area contributed by atoms with E-state index in [1.54, 1.807) is 0 Å². The molecule has 118 valence electrons. The zero-order valence-corrected chi connectivity index (χ0v) is 13.1. The summed E-state index contributed by atoms with van der Waals surface area (Å²) >= 11 is 0. The Morgan fingerprint density at radius 1 is 0.857 bits per heavy atom. The molecule has 1 aromatic heterocycles.